The summed E-state index contributed by atoms with van der Waals surface area (Å²) in [6, 6.07) is 22.3. The summed E-state index contributed by atoms with van der Waals surface area (Å²) >= 11 is 0. The molecule has 3 aliphatic carbocycles. The normalized spacial score (nSPS) is 29.9. The Labute approximate surface area is 402 Å². The highest BCUT2D eigenvalue weighted by Gasteiger charge is 2.79. The summed E-state index contributed by atoms with van der Waals surface area (Å²) in [5.41, 5.74) is -8.24. The summed E-state index contributed by atoms with van der Waals surface area (Å²) in [5.74, 6) is -10.7. The average molecular weight is 970 g/mol. The second-order valence-corrected chi connectivity index (χ2v) is 18.9. The zero-order valence-corrected chi connectivity index (χ0v) is 39.2. The molecule has 1 amide bonds. The number of amides is 1. The van der Waals surface area contributed by atoms with Gasteiger partial charge in [0.1, 0.15) is 30.0 Å². The molecule has 0 aromatic heterocycles. The van der Waals surface area contributed by atoms with Gasteiger partial charge in [-0.15, -0.1) is 0 Å². The number of aliphatic carboxylic acids is 1. The Morgan fingerprint density at radius 3 is 1.93 bits per heavy atom. The molecule has 0 spiro atoms. The van der Waals surface area contributed by atoms with E-state index in [0.717, 1.165) is 13.8 Å². The van der Waals surface area contributed by atoms with Crippen LogP contribution in [-0.2, 0) is 57.2 Å². The molecular formula is C51H55NO18. The maximum Gasteiger partial charge on any atom is 0.338 e. The molecule has 372 valence electrons. The van der Waals surface area contributed by atoms with Crippen molar-refractivity contribution in [2.75, 3.05) is 6.61 Å². The molecule has 2 bridgehead atoms. The van der Waals surface area contributed by atoms with Crippen LogP contribution >= 0.6 is 0 Å². The fourth-order valence-electron chi connectivity index (χ4n) is 10.8. The number of aliphatic hydroxyl groups is 3. The smallest absolute Gasteiger partial charge is 0.338 e. The Morgan fingerprint density at radius 1 is 0.800 bits per heavy atom. The molecule has 3 fully saturated rings. The van der Waals surface area contributed by atoms with Crippen LogP contribution < -0.4 is 5.32 Å². The lowest BCUT2D eigenvalue weighted by Crippen LogP contribution is -2.82. The number of fused-ring (bicyclic) bond motifs is 5. The minimum atomic E-state index is -2.56. The van der Waals surface area contributed by atoms with Gasteiger partial charge in [0.05, 0.1) is 36.0 Å². The number of carbonyl (C=O) groups excluding carboxylic acids is 7. The largest absolute Gasteiger partial charge is 0.479 e. The third-order valence-corrected chi connectivity index (χ3v) is 14.4. The lowest BCUT2D eigenvalue weighted by atomic mass is 9.44. The highest BCUT2D eigenvalue weighted by molar-refractivity contribution is 5.96. The molecular weight excluding hydrogens is 915 g/mol. The van der Waals surface area contributed by atoms with Crippen LogP contribution in [0, 0.1) is 16.7 Å². The molecule has 5 N–H and O–H groups in total. The maximum atomic E-state index is 16.0. The van der Waals surface area contributed by atoms with Gasteiger partial charge in [0.2, 0.25) is 0 Å². The number of carboxylic acid groups (broad SMARTS) is 1. The molecule has 3 aromatic rings. The van der Waals surface area contributed by atoms with Crippen LogP contribution in [0.15, 0.2) is 102 Å². The molecule has 12 atom stereocenters. The number of ketones is 1. The molecule has 70 heavy (non-hydrogen) atoms. The van der Waals surface area contributed by atoms with Gasteiger partial charge in [0.15, 0.2) is 29.7 Å². The average Bonchev–Trinajstić information content (AvgIpc) is 3.31. The standard InChI is InChI=1S/C51H55NO18/c1-26-33(67-47(63)39(57)38(29-16-10-7-11-17-29)52-44(59)30-18-12-8-13-19-30)24-51(64)43(69-46(62)31-20-14-9-15-21-31)41-49(6,42(58)40(66-27(2)53)37(26)48(51,4)5)34(68-36(56)22-32(55)45(60)61)23-35-50(41,25-65-35)70-28(3)54/h7-21,32-35,38-41,43,55,57,64H,22-25H2,1-6H3,(H,52,59)(H,60,61)/t32?,33-,34-,35+,38?,39+,40+,41?,43-,49+,50-,51+/m0/s1. The van der Waals surface area contributed by atoms with E-state index in [1.54, 1.807) is 66.7 Å². The van der Waals surface area contributed by atoms with Crippen LogP contribution in [0.2, 0.25) is 0 Å². The number of nitrogens with one attached hydrogen (secondary N) is 1. The number of benzene rings is 3. The summed E-state index contributed by atoms with van der Waals surface area (Å²) in [6.07, 6.45) is -15.1. The number of ether oxygens (including phenoxy) is 6. The van der Waals surface area contributed by atoms with Gasteiger partial charge in [-0.25, -0.2) is 14.4 Å². The molecule has 7 rings (SSSR count). The molecule has 19 heteroatoms. The molecule has 1 saturated heterocycles. The molecule has 2 saturated carbocycles. The predicted molar refractivity (Wildman–Crippen MR) is 240 cm³/mol. The number of hydrogen-bond acceptors (Lipinski definition) is 17. The molecule has 1 aliphatic heterocycles. The van der Waals surface area contributed by atoms with E-state index in [1.165, 1.54) is 52.0 Å². The van der Waals surface area contributed by atoms with Gasteiger partial charge >= 0.3 is 35.8 Å². The summed E-state index contributed by atoms with van der Waals surface area (Å²) in [6.45, 7) is 7.34. The highest BCUT2D eigenvalue weighted by atomic mass is 16.6. The van der Waals surface area contributed by atoms with Gasteiger partial charge in [-0.1, -0.05) is 80.6 Å². The Balaban J connectivity index is 1.42. The number of Topliss-reactive ketones (excluding diaryl/α,β-unsaturated/α-hetero) is 1. The summed E-state index contributed by atoms with van der Waals surface area (Å²) in [4.78, 5) is 110. The van der Waals surface area contributed by atoms with Crippen molar-refractivity contribution in [1.82, 2.24) is 5.32 Å². The van der Waals surface area contributed by atoms with Crippen LogP contribution in [0.25, 0.3) is 0 Å². The monoisotopic (exact) mass is 969 g/mol. The van der Waals surface area contributed by atoms with Crippen molar-refractivity contribution in [3.8, 4) is 0 Å². The van der Waals surface area contributed by atoms with Crippen molar-refractivity contribution in [3.63, 3.8) is 0 Å². The van der Waals surface area contributed by atoms with E-state index < -0.39 is 150 Å². The maximum absolute atomic E-state index is 16.0. The predicted octanol–water partition coefficient (Wildman–Crippen LogP) is 3.12. The topological polar surface area (TPSA) is 285 Å². The van der Waals surface area contributed by atoms with E-state index in [1.807, 2.05) is 0 Å². The van der Waals surface area contributed by atoms with Crippen LogP contribution in [0.5, 0.6) is 0 Å². The van der Waals surface area contributed by atoms with Crippen LogP contribution in [0.4, 0.5) is 0 Å². The van der Waals surface area contributed by atoms with Crippen molar-refractivity contribution >= 4 is 47.5 Å². The third-order valence-electron chi connectivity index (χ3n) is 14.4. The first-order valence-electron chi connectivity index (χ1n) is 22.6. The highest BCUT2D eigenvalue weighted by Crippen LogP contribution is 2.65. The minimum absolute atomic E-state index is 0.0282. The van der Waals surface area contributed by atoms with E-state index in [9.17, 15) is 54.0 Å². The first kappa shape index (κ1) is 51.1. The molecule has 4 aliphatic rings. The number of esters is 5. The molecule has 0 radical (unpaired) electrons. The third kappa shape index (κ3) is 9.09. The fraction of sp³-hybridized carbons (Fsp3) is 0.451. The van der Waals surface area contributed by atoms with E-state index in [4.69, 9.17) is 28.4 Å². The van der Waals surface area contributed by atoms with Crippen LogP contribution in [0.3, 0.4) is 0 Å². The SMILES string of the molecule is CC(=O)O[C@H]1C(=O)[C@@]2(C)C([C@H](OC(=O)c3ccccc3)[C@]3(O)C[C@H](OC(=O)[C@H](O)C(NC(=O)c4ccccc4)c4ccccc4)C(C)=C1C3(C)C)[C@]1(OC(C)=O)CO[C@@H]1C[C@@H]2OC(=O)CC(O)C(=O)O. The van der Waals surface area contributed by atoms with Crippen molar-refractivity contribution in [1.29, 1.82) is 0 Å². The van der Waals surface area contributed by atoms with Gasteiger partial charge in [-0.05, 0) is 54.8 Å². The lowest BCUT2D eigenvalue weighted by molar-refractivity contribution is -0.346. The van der Waals surface area contributed by atoms with E-state index >= 15 is 4.79 Å². The van der Waals surface area contributed by atoms with Gasteiger partial charge in [-0.2, -0.15) is 0 Å². The Hall–Kier alpha value is -6.80. The molecule has 3 unspecified atom stereocenters. The van der Waals surface area contributed by atoms with Gasteiger partial charge in [0.25, 0.3) is 5.91 Å². The van der Waals surface area contributed by atoms with Crippen molar-refractivity contribution in [3.05, 3.63) is 119 Å². The zero-order chi connectivity index (χ0) is 51.1. The van der Waals surface area contributed by atoms with Gasteiger partial charge < -0.3 is 54.2 Å². The molecule has 19 nitrogen and oxygen atoms in total. The van der Waals surface area contributed by atoms with Crippen molar-refractivity contribution < 1.29 is 87.2 Å². The summed E-state index contributed by atoms with van der Waals surface area (Å²) < 4.78 is 36.4. The minimum Gasteiger partial charge on any atom is -0.479 e. The first-order chi connectivity index (χ1) is 33.0. The fourth-order valence-corrected chi connectivity index (χ4v) is 10.8. The zero-order valence-electron chi connectivity index (χ0n) is 39.2. The number of aliphatic hydroxyl groups excluding tert-OH is 2. The summed E-state index contributed by atoms with van der Waals surface area (Å²) in [5, 5.41) is 48.0. The number of carbonyl (C=O) groups is 8. The van der Waals surface area contributed by atoms with Crippen LogP contribution in [0.1, 0.15) is 93.1 Å². The Bertz CT molecular complexity index is 2580. The van der Waals surface area contributed by atoms with Crippen molar-refractivity contribution in [2.24, 2.45) is 16.7 Å². The summed E-state index contributed by atoms with van der Waals surface area (Å²) in [7, 11) is 0. The van der Waals surface area contributed by atoms with Gasteiger partial charge in [-0.3, -0.25) is 24.0 Å². The van der Waals surface area contributed by atoms with Gasteiger partial charge in [0, 0.05) is 37.7 Å². The lowest BCUT2D eigenvalue weighted by Gasteiger charge is -2.67. The molecule has 3 aromatic carbocycles. The second kappa shape index (κ2) is 19.5. The van der Waals surface area contributed by atoms with E-state index in [-0.39, 0.29) is 22.3 Å². The van der Waals surface area contributed by atoms with Crippen molar-refractivity contribution in [2.45, 2.75) is 121 Å². The van der Waals surface area contributed by atoms with E-state index in [2.05, 4.69) is 5.32 Å². The van der Waals surface area contributed by atoms with E-state index in [0.29, 0.717) is 5.56 Å². The quantitative estimate of drug-likeness (QED) is 0.0881. The van der Waals surface area contributed by atoms with Crippen LogP contribution in [-0.4, -0.2) is 128 Å². The second-order valence-electron chi connectivity index (χ2n) is 18.9. The first-order valence-corrected chi connectivity index (χ1v) is 22.6. The molecule has 1 heterocycles. The number of carboxylic acids is 1. The number of hydrogen-bond donors (Lipinski definition) is 5. The number of rotatable bonds is 14. The Kier molecular flexibility index (Phi) is 14.3. The Morgan fingerprint density at radius 2 is 1.39 bits per heavy atom.